The predicted molar refractivity (Wildman–Crippen MR) is 122 cm³/mol. The molecular weight excluding hydrogens is 328 g/mol. The van der Waals surface area contributed by atoms with Crippen LogP contribution in [0.15, 0.2) is 12.4 Å². The highest BCUT2D eigenvalue weighted by atomic mass is 15.4. The van der Waals surface area contributed by atoms with Gasteiger partial charge in [0, 0.05) is 25.5 Å². The predicted octanol–water partition coefficient (Wildman–Crippen LogP) is 8.09. The lowest BCUT2D eigenvalue weighted by molar-refractivity contribution is 0.136. The third kappa shape index (κ3) is 11.7. The minimum Gasteiger partial charge on any atom is -0.356 e. The zero-order valence-electron chi connectivity index (χ0n) is 19.1. The van der Waals surface area contributed by atoms with Crippen LogP contribution in [0.25, 0.3) is 0 Å². The zero-order valence-corrected chi connectivity index (χ0v) is 19.1. The normalized spacial score (nSPS) is 16.6. The van der Waals surface area contributed by atoms with Gasteiger partial charge in [0.25, 0.3) is 0 Å². The fourth-order valence-corrected chi connectivity index (χ4v) is 4.22. The molecule has 1 aliphatic rings. The maximum Gasteiger partial charge on any atom is 0.101 e. The maximum atomic E-state index is 2.65. The first-order chi connectivity index (χ1) is 13.3. The van der Waals surface area contributed by atoms with Crippen molar-refractivity contribution in [3.05, 3.63) is 12.4 Å². The summed E-state index contributed by atoms with van der Waals surface area (Å²) >= 11 is 0. The first-order valence-corrected chi connectivity index (χ1v) is 12.5. The number of nitrogens with zero attached hydrogens (tertiary/aromatic N) is 2. The van der Waals surface area contributed by atoms with Crippen LogP contribution >= 0.6 is 0 Å². The van der Waals surface area contributed by atoms with E-state index in [0.717, 1.165) is 0 Å². The molecule has 27 heavy (non-hydrogen) atoms. The Morgan fingerprint density at radius 2 is 0.889 bits per heavy atom. The standard InChI is InChI=1S/C25H50N2/c1-4-7-10-12-13-14-15-16-18-20-25-26(21-9-6-3)23-24-27(25)22-19-17-11-8-5-2/h23-25H,4-22H2,1-3H3. The van der Waals surface area contributed by atoms with Crippen molar-refractivity contribution in [2.45, 2.75) is 136 Å². The Balaban J connectivity index is 2.21. The molecule has 0 aromatic carbocycles. The van der Waals surface area contributed by atoms with Crippen LogP contribution in [0.5, 0.6) is 0 Å². The fraction of sp³-hybridized carbons (Fsp3) is 0.920. The van der Waals surface area contributed by atoms with Crippen LogP contribution in [0.3, 0.4) is 0 Å². The number of hydrogen-bond acceptors (Lipinski definition) is 2. The molecule has 0 bridgehead atoms. The number of rotatable bonds is 19. The molecule has 0 aliphatic carbocycles. The fourth-order valence-electron chi connectivity index (χ4n) is 4.22. The Morgan fingerprint density at radius 1 is 0.481 bits per heavy atom. The Morgan fingerprint density at radius 3 is 1.41 bits per heavy atom. The van der Waals surface area contributed by atoms with Gasteiger partial charge in [-0.25, -0.2) is 0 Å². The van der Waals surface area contributed by atoms with Gasteiger partial charge >= 0.3 is 0 Å². The van der Waals surface area contributed by atoms with Crippen molar-refractivity contribution in [3.63, 3.8) is 0 Å². The topological polar surface area (TPSA) is 6.48 Å². The zero-order chi connectivity index (χ0) is 19.6. The molecule has 0 fully saturated rings. The van der Waals surface area contributed by atoms with Crippen LogP contribution in [0.1, 0.15) is 130 Å². The van der Waals surface area contributed by atoms with Crippen molar-refractivity contribution in [1.82, 2.24) is 9.80 Å². The molecular formula is C25H50N2. The Labute approximate surface area is 171 Å². The molecule has 0 saturated heterocycles. The first kappa shape index (κ1) is 24.4. The van der Waals surface area contributed by atoms with E-state index < -0.39 is 0 Å². The van der Waals surface area contributed by atoms with Crippen LogP contribution in [0.2, 0.25) is 0 Å². The molecule has 1 unspecified atom stereocenters. The smallest absolute Gasteiger partial charge is 0.101 e. The lowest BCUT2D eigenvalue weighted by atomic mass is 10.1. The van der Waals surface area contributed by atoms with E-state index in [1.165, 1.54) is 122 Å². The summed E-state index contributed by atoms with van der Waals surface area (Å²) in [4.78, 5) is 5.27. The van der Waals surface area contributed by atoms with Crippen molar-refractivity contribution in [2.24, 2.45) is 0 Å². The van der Waals surface area contributed by atoms with Gasteiger partial charge in [0.2, 0.25) is 0 Å². The van der Waals surface area contributed by atoms with E-state index in [1.807, 2.05) is 0 Å². The molecule has 2 heteroatoms. The van der Waals surface area contributed by atoms with Crippen LogP contribution in [0.4, 0.5) is 0 Å². The molecule has 0 saturated carbocycles. The van der Waals surface area contributed by atoms with E-state index >= 15 is 0 Å². The van der Waals surface area contributed by atoms with Gasteiger partial charge in [-0.2, -0.15) is 0 Å². The molecule has 1 aliphatic heterocycles. The van der Waals surface area contributed by atoms with Gasteiger partial charge in [-0.15, -0.1) is 0 Å². The summed E-state index contributed by atoms with van der Waals surface area (Å²) in [5, 5.41) is 0. The summed E-state index contributed by atoms with van der Waals surface area (Å²) in [6.45, 7) is 9.40. The van der Waals surface area contributed by atoms with E-state index in [0.29, 0.717) is 6.17 Å². The quantitative estimate of drug-likeness (QED) is 0.209. The first-order valence-electron chi connectivity index (χ1n) is 12.5. The van der Waals surface area contributed by atoms with Gasteiger partial charge in [-0.3, -0.25) is 0 Å². The molecule has 0 aromatic rings. The molecule has 1 atom stereocenters. The molecule has 2 nitrogen and oxygen atoms in total. The summed E-state index contributed by atoms with van der Waals surface area (Å²) in [7, 11) is 0. The summed E-state index contributed by atoms with van der Waals surface area (Å²) < 4.78 is 0. The molecule has 0 N–H and O–H groups in total. The SMILES string of the molecule is CCCCCCCCCCCC1N(CCCC)C=CN1CCCCCCC. The minimum atomic E-state index is 0.646. The summed E-state index contributed by atoms with van der Waals surface area (Å²) in [6.07, 6.45) is 29.2. The van der Waals surface area contributed by atoms with E-state index in [9.17, 15) is 0 Å². The summed E-state index contributed by atoms with van der Waals surface area (Å²) in [5.74, 6) is 0. The van der Waals surface area contributed by atoms with Gasteiger partial charge in [-0.05, 0) is 25.7 Å². The van der Waals surface area contributed by atoms with Gasteiger partial charge in [0.1, 0.15) is 6.17 Å². The third-order valence-corrected chi connectivity index (χ3v) is 6.07. The van der Waals surface area contributed by atoms with Crippen LogP contribution in [-0.2, 0) is 0 Å². The maximum absolute atomic E-state index is 2.65. The second-order valence-corrected chi connectivity index (χ2v) is 8.64. The van der Waals surface area contributed by atoms with Gasteiger partial charge in [0.15, 0.2) is 0 Å². The van der Waals surface area contributed by atoms with Crippen LogP contribution in [0, 0.1) is 0 Å². The molecule has 160 valence electrons. The largest absolute Gasteiger partial charge is 0.356 e. The molecule has 1 rings (SSSR count). The molecule has 0 amide bonds. The van der Waals surface area contributed by atoms with Gasteiger partial charge in [-0.1, -0.05) is 104 Å². The van der Waals surface area contributed by atoms with Crippen LogP contribution < -0.4 is 0 Å². The monoisotopic (exact) mass is 378 g/mol. The second kappa shape index (κ2) is 17.4. The number of hydrogen-bond donors (Lipinski definition) is 0. The van der Waals surface area contributed by atoms with Crippen LogP contribution in [-0.4, -0.2) is 29.1 Å². The van der Waals surface area contributed by atoms with Gasteiger partial charge < -0.3 is 9.80 Å². The molecule has 0 aromatic heterocycles. The van der Waals surface area contributed by atoms with E-state index in [2.05, 4.69) is 43.0 Å². The highest BCUT2D eigenvalue weighted by Crippen LogP contribution is 2.23. The average molecular weight is 379 g/mol. The van der Waals surface area contributed by atoms with Crippen molar-refractivity contribution < 1.29 is 0 Å². The average Bonchev–Trinajstić information content (AvgIpc) is 3.06. The summed E-state index contributed by atoms with van der Waals surface area (Å²) in [6, 6.07) is 0. The number of unbranched alkanes of at least 4 members (excludes halogenated alkanes) is 13. The van der Waals surface area contributed by atoms with Crippen molar-refractivity contribution >= 4 is 0 Å². The highest BCUT2D eigenvalue weighted by molar-refractivity contribution is 4.96. The highest BCUT2D eigenvalue weighted by Gasteiger charge is 2.24. The van der Waals surface area contributed by atoms with E-state index in [1.54, 1.807) is 0 Å². The van der Waals surface area contributed by atoms with Gasteiger partial charge in [0.05, 0.1) is 0 Å². The van der Waals surface area contributed by atoms with E-state index in [-0.39, 0.29) is 0 Å². The van der Waals surface area contributed by atoms with Crippen molar-refractivity contribution in [1.29, 1.82) is 0 Å². The van der Waals surface area contributed by atoms with Crippen molar-refractivity contribution in [2.75, 3.05) is 13.1 Å². The van der Waals surface area contributed by atoms with E-state index in [4.69, 9.17) is 0 Å². The molecule has 1 heterocycles. The minimum absolute atomic E-state index is 0.646. The molecule has 0 radical (unpaired) electrons. The Bertz CT molecular complexity index is 339. The lowest BCUT2D eigenvalue weighted by Gasteiger charge is -2.33. The third-order valence-electron chi connectivity index (χ3n) is 6.07. The van der Waals surface area contributed by atoms with Crippen molar-refractivity contribution in [3.8, 4) is 0 Å². The Kier molecular flexibility index (Phi) is 15.7. The Hall–Kier alpha value is -0.660. The lowest BCUT2D eigenvalue weighted by Crippen LogP contribution is -2.39. The second-order valence-electron chi connectivity index (χ2n) is 8.64. The molecule has 0 spiro atoms. The summed E-state index contributed by atoms with van der Waals surface area (Å²) in [5.41, 5.74) is 0.